The zero-order chi connectivity index (χ0) is 22.9. The van der Waals surface area contributed by atoms with Gasteiger partial charge < -0.3 is 10.7 Å². The number of nitrogens with one attached hydrogen (secondary N) is 1. The van der Waals surface area contributed by atoms with Gasteiger partial charge in [0.05, 0.1) is 11.6 Å². The molecule has 1 aliphatic carbocycles. The number of nitrogens with zero attached hydrogens (tertiary/aromatic N) is 2. The van der Waals surface area contributed by atoms with E-state index in [1.807, 2.05) is 18.3 Å². The van der Waals surface area contributed by atoms with Crippen LogP contribution in [0.3, 0.4) is 0 Å². The Labute approximate surface area is 186 Å². The summed E-state index contributed by atoms with van der Waals surface area (Å²) in [6.45, 7) is 1.59. The fourth-order valence-corrected chi connectivity index (χ4v) is 5.11. The Morgan fingerprint density at radius 1 is 1.19 bits per heavy atom. The normalized spacial score (nSPS) is 24.0. The maximum Gasteiger partial charge on any atom is 0.257 e. The average Bonchev–Trinajstić information content (AvgIpc) is 2.80. The van der Waals surface area contributed by atoms with Crippen LogP contribution >= 0.6 is 0 Å². The molecule has 2 aromatic rings. The number of halogens is 2. The molecular weight excluding hydrogens is 414 g/mol. The number of carbonyl (C=O) groups is 1. The van der Waals surface area contributed by atoms with Crippen LogP contribution in [0.5, 0.6) is 0 Å². The van der Waals surface area contributed by atoms with E-state index in [-0.39, 0.29) is 18.6 Å². The molecule has 0 radical (unpaired) electrons. The number of alkyl halides is 2. The molecule has 3 heterocycles. The predicted octanol–water partition coefficient (Wildman–Crippen LogP) is 3.64. The number of primary amides is 1. The minimum absolute atomic E-state index is 0.0123. The first kappa shape index (κ1) is 22.6. The van der Waals surface area contributed by atoms with Crippen molar-refractivity contribution in [1.82, 2.24) is 14.9 Å². The van der Waals surface area contributed by atoms with Gasteiger partial charge in [0, 0.05) is 38.0 Å². The van der Waals surface area contributed by atoms with Gasteiger partial charge in [0.2, 0.25) is 11.5 Å². The minimum atomic E-state index is -2.97. The minimum Gasteiger partial charge on any atom is -0.368 e. The van der Waals surface area contributed by atoms with E-state index in [2.05, 4.69) is 9.97 Å². The molecular formula is C24H30F2N4O2. The molecule has 1 amide bonds. The maximum atomic E-state index is 14.8. The second kappa shape index (κ2) is 8.73. The van der Waals surface area contributed by atoms with Gasteiger partial charge in [-0.1, -0.05) is 31.4 Å². The van der Waals surface area contributed by atoms with Crippen molar-refractivity contribution in [2.75, 3.05) is 13.1 Å². The summed E-state index contributed by atoms with van der Waals surface area (Å²) in [4.78, 5) is 32.8. The molecule has 8 heteroatoms. The molecule has 2 aliphatic rings. The van der Waals surface area contributed by atoms with Crippen molar-refractivity contribution >= 4 is 5.91 Å². The van der Waals surface area contributed by atoms with Crippen molar-refractivity contribution in [3.8, 4) is 0 Å². The molecule has 1 aliphatic heterocycles. The number of rotatable bonds is 5. The van der Waals surface area contributed by atoms with Gasteiger partial charge in [0.1, 0.15) is 5.54 Å². The molecule has 3 N–H and O–H groups in total. The summed E-state index contributed by atoms with van der Waals surface area (Å²) < 4.78 is 29.7. The summed E-state index contributed by atoms with van der Waals surface area (Å²) >= 11 is 0. The molecule has 4 rings (SSSR count). The van der Waals surface area contributed by atoms with Crippen LogP contribution in [-0.4, -0.2) is 39.8 Å². The van der Waals surface area contributed by atoms with Gasteiger partial charge in [-0.25, -0.2) is 8.78 Å². The predicted molar refractivity (Wildman–Crippen MR) is 118 cm³/mol. The van der Waals surface area contributed by atoms with Gasteiger partial charge in [-0.15, -0.1) is 0 Å². The largest absolute Gasteiger partial charge is 0.368 e. The standard InChI is InChI=1S/C24H30F2N4O2/c1-23(22(27)32,20-9-7-17(13-28-20)16-5-3-2-4-6-16)30-12-11-24(25,26)19(15-30)18-8-10-21(31)29-14-18/h7-10,13-14,16,19H,2-6,11-12,15H2,1H3,(H2,27,32)(H,29,31)/t19-,23?/m1/s1. The van der Waals surface area contributed by atoms with Crippen LogP contribution in [0.25, 0.3) is 0 Å². The SMILES string of the molecule is CC(C(N)=O)(c1ccc(C2CCCCC2)cn1)N1CCC(F)(F)[C@@H](c2ccc(=O)[nH]c2)C1. The molecule has 0 aromatic carbocycles. The second-order valence-electron chi connectivity index (χ2n) is 9.24. The van der Waals surface area contributed by atoms with E-state index < -0.39 is 29.7 Å². The van der Waals surface area contributed by atoms with Crippen LogP contribution in [0.4, 0.5) is 8.78 Å². The Bertz CT molecular complexity index is 997. The lowest BCUT2D eigenvalue weighted by molar-refractivity contribution is -0.139. The highest BCUT2D eigenvalue weighted by Gasteiger charge is 2.51. The van der Waals surface area contributed by atoms with Gasteiger partial charge >= 0.3 is 0 Å². The van der Waals surface area contributed by atoms with Crippen molar-refractivity contribution in [2.45, 2.75) is 68.7 Å². The summed E-state index contributed by atoms with van der Waals surface area (Å²) in [7, 11) is 0. The molecule has 6 nitrogen and oxygen atoms in total. The van der Waals surface area contributed by atoms with Crippen molar-refractivity contribution in [2.24, 2.45) is 5.73 Å². The first-order chi connectivity index (χ1) is 15.2. The smallest absolute Gasteiger partial charge is 0.257 e. The third-order valence-corrected chi connectivity index (χ3v) is 7.31. The van der Waals surface area contributed by atoms with E-state index in [9.17, 15) is 18.4 Å². The Balaban J connectivity index is 1.63. The lowest BCUT2D eigenvalue weighted by atomic mass is 9.82. The molecule has 2 atom stereocenters. The Kier molecular flexibility index (Phi) is 6.16. The number of amides is 1. The lowest BCUT2D eigenvalue weighted by Crippen LogP contribution is -2.59. The monoisotopic (exact) mass is 444 g/mol. The van der Waals surface area contributed by atoms with Crippen LogP contribution in [-0.2, 0) is 10.3 Å². The Morgan fingerprint density at radius 3 is 2.50 bits per heavy atom. The zero-order valence-corrected chi connectivity index (χ0v) is 18.3. The first-order valence-corrected chi connectivity index (χ1v) is 11.3. The summed E-state index contributed by atoms with van der Waals surface area (Å²) in [5.41, 5.74) is 6.10. The van der Waals surface area contributed by atoms with Crippen LogP contribution < -0.4 is 11.3 Å². The highest BCUT2D eigenvalue weighted by molar-refractivity contribution is 5.85. The van der Waals surface area contributed by atoms with Crippen LogP contribution in [0, 0.1) is 0 Å². The third-order valence-electron chi connectivity index (χ3n) is 7.31. The molecule has 1 saturated carbocycles. The molecule has 2 fully saturated rings. The number of pyridine rings is 2. The third kappa shape index (κ3) is 4.20. The number of carbonyl (C=O) groups excluding carboxylic acids is 1. The number of H-pyrrole nitrogens is 1. The average molecular weight is 445 g/mol. The van der Waals surface area contributed by atoms with Gasteiger partial charge in [-0.2, -0.15) is 0 Å². The second-order valence-corrected chi connectivity index (χ2v) is 9.24. The fraction of sp³-hybridized carbons (Fsp3) is 0.542. The van der Waals surface area contributed by atoms with E-state index in [1.165, 1.54) is 37.6 Å². The highest BCUT2D eigenvalue weighted by Crippen LogP contribution is 2.43. The van der Waals surface area contributed by atoms with E-state index in [4.69, 9.17) is 5.73 Å². The molecule has 0 spiro atoms. The quantitative estimate of drug-likeness (QED) is 0.737. The first-order valence-electron chi connectivity index (χ1n) is 11.3. The van der Waals surface area contributed by atoms with Crippen molar-refractivity contribution in [3.63, 3.8) is 0 Å². The van der Waals surface area contributed by atoms with E-state index in [0.717, 1.165) is 18.4 Å². The van der Waals surface area contributed by atoms with E-state index >= 15 is 0 Å². The number of aromatic amines is 1. The van der Waals surface area contributed by atoms with Gasteiger partial charge in [0.25, 0.3) is 5.92 Å². The van der Waals surface area contributed by atoms with Crippen molar-refractivity contribution in [1.29, 1.82) is 0 Å². The summed E-state index contributed by atoms with van der Waals surface area (Å²) in [5, 5.41) is 0. The number of hydrogen-bond acceptors (Lipinski definition) is 4. The Hall–Kier alpha value is -2.61. The Morgan fingerprint density at radius 2 is 1.91 bits per heavy atom. The van der Waals surface area contributed by atoms with E-state index in [0.29, 0.717) is 17.2 Å². The van der Waals surface area contributed by atoms with Gasteiger partial charge in [-0.3, -0.25) is 19.5 Å². The molecule has 32 heavy (non-hydrogen) atoms. The number of hydrogen-bond donors (Lipinski definition) is 2. The van der Waals surface area contributed by atoms with Crippen molar-refractivity contribution in [3.05, 3.63) is 63.8 Å². The van der Waals surface area contributed by atoms with Crippen LogP contribution in [0.15, 0.2) is 41.5 Å². The van der Waals surface area contributed by atoms with Crippen molar-refractivity contribution < 1.29 is 13.6 Å². The van der Waals surface area contributed by atoms with Crippen LogP contribution in [0.1, 0.15) is 74.1 Å². The van der Waals surface area contributed by atoms with Gasteiger partial charge in [0.15, 0.2) is 0 Å². The number of aromatic nitrogens is 2. The highest BCUT2D eigenvalue weighted by atomic mass is 19.3. The number of piperidine rings is 1. The van der Waals surface area contributed by atoms with E-state index in [1.54, 1.807) is 11.8 Å². The fourth-order valence-electron chi connectivity index (χ4n) is 5.11. The maximum absolute atomic E-state index is 14.8. The molecule has 2 aromatic heterocycles. The zero-order valence-electron chi connectivity index (χ0n) is 18.3. The number of likely N-dealkylation sites (tertiary alicyclic amines) is 1. The summed E-state index contributed by atoms with van der Waals surface area (Å²) in [6.07, 6.45) is 8.66. The van der Waals surface area contributed by atoms with Gasteiger partial charge in [-0.05, 0) is 42.9 Å². The molecule has 0 bridgehead atoms. The topological polar surface area (TPSA) is 92.1 Å². The summed E-state index contributed by atoms with van der Waals surface area (Å²) in [6, 6.07) is 6.47. The molecule has 172 valence electrons. The molecule has 1 saturated heterocycles. The summed E-state index contributed by atoms with van der Waals surface area (Å²) in [5.74, 6) is -4.29. The van der Waals surface area contributed by atoms with Crippen LogP contribution in [0.2, 0.25) is 0 Å². The molecule has 1 unspecified atom stereocenters. The number of nitrogens with two attached hydrogens (primary N) is 1. The lowest BCUT2D eigenvalue weighted by Gasteiger charge is -2.46.